The first-order valence-corrected chi connectivity index (χ1v) is 10.6. The van der Waals surface area contributed by atoms with Crippen molar-refractivity contribution in [3.05, 3.63) is 88.6 Å². The van der Waals surface area contributed by atoms with E-state index in [0.29, 0.717) is 28.6 Å². The van der Waals surface area contributed by atoms with E-state index >= 15 is 0 Å². The van der Waals surface area contributed by atoms with E-state index in [1.165, 1.54) is 0 Å². The predicted octanol–water partition coefficient (Wildman–Crippen LogP) is 5.25. The molecule has 0 aliphatic rings. The van der Waals surface area contributed by atoms with Crippen LogP contribution in [0.15, 0.2) is 66.9 Å². The lowest BCUT2D eigenvalue weighted by molar-refractivity contribution is 0.0940. The molecule has 1 atom stereocenters. The second-order valence-electron chi connectivity index (χ2n) is 7.51. The van der Waals surface area contributed by atoms with E-state index in [4.69, 9.17) is 21.1 Å². The van der Waals surface area contributed by atoms with Crippen molar-refractivity contribution in [1.29, 1.82) is 0 Å². The summed E-state index contributed by atoms with van der Waals surface area (Å²) in [5.41, 5.74) is 3.47. The van der Waals surface area contributed by atoms with Gasteiger partial charge in [0.2, 0.25) is 0 Å². The summed E-state index contributed by atoms with van der Waals surface area (Å²) >= 11 is 5.98. The number of rotatable bonds is 7. The fourth-order valence-electron chi connectivity index (χ4n) is 3.59. The quantitative estimate of drug-likeness (QED) is 0.418. The van der Waals surface area contributed by atoms with Crippen molar-refractivity contribution < 1.29 is 14.3 Å². The molecule has 0 radical (unpaired) electrons. The molecule has 7 heteroatoms. The number of benzene rings is 3. The molecule has 4 aromatic rings. The number of hydrogen-bond acceptors (Lipinski definition) is 4. The summed E-state index contributed by atoms with van der Waals surface area (Å²) in [7, 11) is 3.18. The molecule has 32 heavy (non-hydrogen) atoms. The van der Waals surface area contributed by atoms with Crippen molar-refractivity contribution in [1.82, 2.24) is 15.1 Å². The number of amides is 1. The van der Waals surface area contributed by atoms with E-state index in [0.717, 1.165) is 22.0 Å². The normalized spacial score (nSPS) is 11.9. The molecule has 3 aromatic carbocycles. The number of carbonyl (C=O) groups is 1. The number of aromatic nitrogens is 2. The summed E-state index contributed by atoms with van der Waals surface area (Å²) in [4.78, 5) is 13.0. The van der Waals surface area contributed by atoms with Crippen LogP contribution in [0.4, 0.5) is 0 Å². The highest BCUT2D eigenvalue weighted by Crippen LogP contribution is 2.30. The Morgan fingerprint density at radius 2 is 1.78 bits per heavy atom. The van der Waals surface area contributed by atoms with Gasteiger partial charge in [-0.05, 0) is 54.4 Å². The van der Waals surface area contributed by atoms with E-state index in [9.17, 15) is 4.79 Å². The Morgan fingerprint density at radius 3 is 2.50 bits per heavy atom. The minimum Gasteiger partial charge on any atom is -0.493 e. The Hall–Kier alpha value is -3.51. The first-order valence-electron chi connectivity index (χ1n) is 10.2. The SMILES string of the molecule is COc1ccc([C@H](C)NC(=O)c2ccc3cnn(Cc4ccc(Cl)cc4)c3c2)cc1OC. The van der Waals surface area contributed by atoms with Gasteiger partial charge in [-0.2, -0.15) is 5.10 Å². The topological polar surface area (TPSA) is 65.4 Å². The van der Waals surface area contributed by atoms with Crippen LogP contribution in [-0.2, 0) is 6.54 Å². The smallest absolute Gasteiger partial charge is 0.251 e. The van der Waals surface area contributed by atoms with Crippen molar-refractivity contribution in [2.75, 3.05) is 14.2 Å². The van der Waals surface area contributed by atoms with Gasteiger partial charge in [-0.3, -0.25) is 9.48 Å². The predicted molar refractivity (Wildman–Crippen MR) is 126 cm³/mol. The third kappa shape index (κ3) is 4.55. The zero-order valence-electron chi connectivity index (χ0n) is 18.1. The zero-order chi connectivity index (χ0) is 22.7. The Balaban J connectivity index is 1.54. The highest BCUT2D eigenvalue weighted by atomic mass is 35.5. The molecule has 0 bridgehead atoms. The zero-order valence-corrected chi connectivity index (χ0v) is 18.9. The maximum absolute atomic E-state index is 13.0. The van der Waals surface area contributed by atoms with Gasteiger partial charge in [-0.15, -0.1) is 0 Å². The number of nitrogens with zero attached hydrogens (tertiary/aromatic N) is 2. The molecule has 1 heterocycles. The molecule has 1 aromatic heterocycles. The average molecular weight is 450 g/mol. The summed E-state index contributed by atoms with van der Waals surface area (Å²) < 4.78 is 12.5. The monoisotopic (exact) mass is 449 g/mol. The maximum atomic E-state index is 13.0. The molecule has 4 rings (SSSR count). The maximum Gasteiger partial charge on any atom is 0.251 e. The lowest BCUT2D eigenvalue weighted by atomic mass is 10.1. The third-order valence-electron chi connectivity index (χ3n) is 5.41. The highest BCUT2D eigenvalue weighted by Gasteiger charge is 2.15. The minimum atomic E-state index is -0.211. The van der Waals surface area contributed by atoms with E-state index in [-0.39, 0.29) is 11.9 Å². The second kappa shape index (κ2) is 9.32. The molecule has 0 aliphatic carbocycles. The number of nitrogens with one attached hydrogen (secondary N) is 1. The van der Waals surface area contributed by atoms with Crippen LogP contribution in [0, 0.1) is 0 Å². The van der Waals surface area contributed by atoms with Gasteiger partial charge in [0.05, 0.1) is 38.5 Å². The van der Waals surface area contributed by atoms with Crippen LogP contribution in [0.3, 0.4) is 0 Å². The minimum absolute atomic E-state index is 0.159. The molecular weight excluding hydrogens is 426 g/mol. The number of fused-ring (bicyclic) bond motifs is 1. The van der Waals surface area contributed by atoms with Gasteiger partial charge in [0.25, 0.3) is 5.91 Å². The van der Waals surface area contributed by atoms with Crippen LogP contribution < -0.4 is 14.8 Å². The van der Waals surface area contributed by atoms with Crippen LogP contribution in [0.5, 0.6) is 11.5 Å². The molecule has 1 amide bonds. The van der Waals surface area contributed by atoms with Gasteiger partial charge in [0.15, 0.2) is 11.5 Å². The third-order valence-corrected chi connectivity index (χ3v) is 5.66. The number of carbonyl (C=O) groups excluding carboxylic acids is 1. The van der Waals surface area contributed by atoms with E-state index < -0.39 is 0 Å². The number of methoxy groups -OCH3 is 2. The molecule has 0 saturated carbocycles. The Bertz CT molecular complexity index is 1250. The van der Waals surface area contributed by atoms with Crippen LogP contribution >= 0.6 is 11.6 Å². The molecule has 0 saturated heterocycles. The number of halogens is 1. The Morgan fingerprint density at radius 1 is 1.03 bits per heavy atom. The van der Waals surface area contributed by atoms with E-state index in [1.54, 1.807) is 20.4 Å². The van der Waals surface area contributed by atoms with Gasteiger partial charge >= 0.3 is 0 Å². The van der Waals surface area contributed by atoms with Crippen molar-refractivity contribution in [3.8, 4) is 11.5 Å². The molecular formula is C25H24ClN3O3. The standard InChI is InChI=1S/C25H24ClN3O3/c1-16(18-8-11-23(31-2)24(13-18)32-3)28-25(30)19-6-7-20-14-27-29(22(20)12-19)15-17-4-9-21(26)10-5-17/h4-14,16H,15H2,1-3H3,(H,28,30)/t16-/m0/s1. The van der Waals surface area contributed by atoms with Crippen LogP contribution in [0.1, 0.15) is 34.5 Å². The molecule has 1 N–H and O–H groups in total. The largest absolute Gasteiger partial charge is 0.493 e. The summed E-state index contributed by atoms with van der Waals surface area (Å²) in [5.74, 6) is 1.11. The number of ether oxygens (including phenoxy) is 2. The first-order chi connectivity index (χ1) is 15.5. The summed E-state index contributed by atoms with van der Waals surface area (Å²) in [6.45, 7) is 2.52. The van der Waals surface area contributed by atoms with E-state index in [2.05, 4.69) is 10.4 Å². The summed E-state index contributed by atoms with van der Waals surface area (Å²) in [5, 5.41) is 9.21. The van der Waals surface area contributed by atoms with Gasteiger partial charge in [-0.1, -0.05) is 35.9 Å². The molecule has 164 valence electrons. The molecule has 6 nitrogen and oxygen atoms in total. The van der Waals surface area contributed by atoms with Crippen LogP contribution in [0.25, 0.3) is 10.9 Å². The molecule has 0 unspecified atom stereocenters. The molecule has 0 fully saturated rings. The van der Waals surface area contributed by atoms with Crippen molar-refractivity contribution in [2.45, 2.75) is 19.5 Å². The van der Waals surface area contributed by atoms with Gasteiger partial charge in [0, 0.05) is 16.0 Å². The van der Waals surface area contributed by atoms with Gasteiger partial charge in [0.1, 0.15) is 0 Å². The van der Waals surface area contributed by atoms with E-state index in [1.807, 2.05) is 72.3 Å². The molecule has 0 spiro atoms. The highest BCUT2D eigenvalue weighted by molar-refractivity contribution is 6.30. The fourth-order valence-corrected chi connectivity index (χ4v) is 3.71. The van der Waals surface area contributed by atoms with Gasteiger partial charge in [-0.25, -0.2) is 0 Å². The molecule has 0 aliphatic heterocycles. The Kier molecular flexibility index (Phi) is 6.32. The fraction of sp³-hybridized carbons (Fsp3) is 0.200. The van der Waals surface area contributed by atoms with Gasteiger partial charge < -0.3 is 14.8 Å². The lowest BCUT2D eigenvalue weighted by Crippen LogP contribution is -2.26. The van der Waals surface area contributed by atoms with Crippen LogP contribution in [-0.4, -0.2) is 29.9 Å². The van der Waals surface area contributed by atoms with Crippen LogP contribution in [0.2, 0.25) is 5.02 Å². The number of hydrogen-bond donors (Lipinski definition) is 1. The summed E-state index contributed by atoms with van der Waals surface area (Å²) in [6, 6.07) is 18.7. The van der Waals surface area contributed by atoms with Crippen molar-refractivity contribution >= 4 is 28.4 Å². The second-order valence-corrected chi connectivity index (χ2v) is 7.95. The summed E-state index contributed by atoms with van der Waals surface area (Å²) in [6.07, 6.45) is 1.80. The van der Waals surface area contributed by atoms with Crippen molar-refractivity contribution in [2.24, 2.45) is 0 Å². The van der Waals surface area contributed by atoms with Crippen molar-refractivity contribution in [3.63, 3.8) is 0 Å². The lowest BCUT2D eigenvalue weighted by Gasteiger charge is -2.17. The first kappa shape index (κ1) is 21.7. The average Bonchev–Trinajstić information content (AvgIpc) is 3.21. The Labute approximate surface area is 191 Å².